The zero-order valence-electron chi connectivity index (χ0n) is 10.2. The summed E-state index contributed by atoms with van der Waals surface area (Å²) in [6.45, 7) is 1.75. The van der Waals surface area contributed by atoms with Gasteiger partial charge < -0.3 is 19.9 Å². The molecule has 16 heavy (non-hydrogen) atoms. The van der Waals surface area contributed by atoms with Gasteiger partial charge in [0.1, 0.15) is 0 Å². The van der Waals surface area contributed by atoms with Crippen LogP contribution >= 0.6 is 0 Å². The van der Waals surface area contributed by atoms with Crippen LogP contribution in [0.15, 0.2) is 18.2 Å². The van der Waals surface area contributed by atoms with Crippen molar-refractivity contribution in [1.29, 1.82) is 0 Å². The van der Waals surface area contributed by atoms with Gasteiger partial charge >= 0.3 is 0 Å². The first-order valence-electron chi connectivity index (χ1n) is 5.21. The molecule has 4 nitrogen and oxygen atoms in total. The van der Waals surface area contributed by atoms with Gasteiger partial charge in [-0.15, -0.1) is 0 Å². The van der Waals surface area contributed by atoms with Crippen molar-refractivity contribution in [3.63, 3.8) is 0 Å². The Bertz CT molecular complexity index is 339. The maximum absolute atomic E-state index is 9.62. The maximum Gasteiger partial charge on any atom is 0.161 e. The van der Waals surface area contributed by atoms with Crippen molar-refractivity contribution in [1.82, 2.24) is 5.32 Å². The summed E-state index contributed by atoms with van der Waals surface area (Å²) in [4.78, 5) is 0. The fourth-order valence-corrected chi connectivity index (χ4v) is 1.73. The molecule has 0 radical (unpaired) electrons. The number of aliphatic hydroxyl groups excluding tert-OH is 1. The number of rotatable bonds is 5. The van der Waals surface area contributed by atoms with E-state index in [9.17, 15) is 5.11 Å². The molecule has 0 bridgehead atoms. The average molecular weight is 225 g/mol. The molecule has 0 aliphatic rings. The van der Waals surface area contributed by atoms with Crippen molar-refractivity contribution in [2.45, 2.75) is 19.1 Å². The summed E-state index contributed by atoms with van der Waals surface area (Å²) in [5.74, 6) is 1.35. The first kappa shape index (κ1) is 12.8. The number of aliphatic hydroxyl groups is 1. The Morgan fingerprint density at radius 1 is 1.19 bits per heavy atom. The van der Waals surface area contributed by atoms with E-state index in [-0.39, 0.29) is 6.04 Å². The molecule has 1 rings (SSSR count). The highest BCUT2D eigenvalue weighted by Crippen LogP contribution is 2.30. The van der Waals surface area contributed by atoms with E-state index < -0.39 is 6.10 Å². The molecule has 0 amide bonds. The van der Waals surface area contributed by atoms with Gasteiger partial charge in [0, 0.05) is 0 Å². The second-order valence-electron chi connectivity index (χ2n) is 3.62. The van der Waals surface area contributed by atoms with E-state index in [1.807, 2.05) is 25.2 Å². The first-order chi connectivity index (χ1) is 7.63. The SMILES string of the molecule is CNC(c1ccc(OC)c(OC)c1)C(C)O. The van der Waals surface area contributed by atoms with Gasteiger partial charge in [0.05, 0.1) is 26.4 Å². The van der Waals surface area contributed by atoms with Gasteiger partial charge in [-0.1, -0.05) is 6.07 Å². The van der Waals surface area contributed by atoms with Crippen LogP contribution in [0.2, 0.25) is 0 Å². The molecule has 1 aromatic carbocycles. The normalized spacial score (nSPS) is 14.3. The smallest absolute Gasteiger partial charge is 0.161 e. The Morgan fingerprint density at radius 2 is 1.81 bits per heavy atom. The van der Waals surface area contributed by atoms with Gasteiger partial charge in [-0.3, -0.25) is 0 Å². The molecular weight excluding hydrogens is 206 g/mol. The van der Waals surface area contributed by atoms with Gasteiger partial charge in [-0.2, -0.15) is 0 Å². The highest BCUT2D eigenvalue weighted by atomic mass is 16.5. The summed E-state index contributed by atoms with van der Waals surface area (Å²) in [6, 6.07) is 5.50. The van der Waals surface area contributed by atoms with Crippen LogP contribution in [0, 0.1) is 0 Å². The molecule has 0 saturated carbocycles. The van der Waals surface area contributed by atoms with Gasteiger partial charge in [0.2, 0.25) is 0 Å². The number of hydrogen-bond donors (Lipinski definition) is 2. The molecule has 0 aliphatic heterocycles. The standard InChI is InChI=1S/C12H19NO3/c1-8(14)12(13-2)9-5-6-10(15-3)11(7-9)16-4/h5-8,12-14H,1-4H3. The minimum atomic E-state index is -0.469. The van der Waals surface area contributed by atoms with Gasteiger partial charge in [0.15, 0.2) is 11.5 Å². The van der Waals surface area contributed by atoms with E-state index in [0.29, 0.717) is 11.5 Å². The third-order valence-electron chi connectivity index (χ3n) is 2.56. The fraction of sp³-hybridized carbons (Fsp3) is 0.500. The molecule has 2 unspecified atom stereocenters. The molecule has 0 aliphatic carbocycles. The third-order valence-corrected chi connectivity index (χ3v) is 2.56. The molecule has 2 atom stereocenters. The fourth-order valence-electron chi connectivity index (χ4n) is 1.73. The zero-order chi connectivity index (χ0) is 12.1. The van der Waals surface area contributed by atoms with Crippen LogP contribution in [0.3, 0.4) is 0 Å². The molecule has 1 aromatic rings. The number of likely N-dealkylation sites (N-methyl/N-ethyl adjacent to an activating group) is 1. The van der Waals surface area contributed by atoms with E-state index >= 15 is 0 Å². The number of nitrogens with one attached hydrogen (secondary N) is 1. The summed E-state index contributed by atoms with van der Waals surface area (Å²) in [5.41, 5.74) is 0.968. The number of benzene rings is 1. The average Bonchev–Trinajstić information content (AvgIpc) is 2.29. The van der Waals surface area contributed by atoms with Crippen LogP contribution in [0.25, 0.3) is 0 Å². The van der Waals surface area contributed by atoms with Gasteiger partial charge in [0.25, 0.3) is 0 Å². The lowest BCUT2D eigenvalue weighted by Crippen LogP contribution is -2.27. The summed E-state index contributed by atoms with van der Waals surface area (Å²) in [6.07, 6.45) is -0.469. The summed E-state index contributed by atoms with van der Waals surface area (Å²) in [5, 5.41) is 12.7. The van der Waals surface area contributed by atoms with Crippen molar-refractivity contribution in [2.75, 3.05) is 21.3 Å². The molecule has 0 aromatic heterocycles. The van der Waals surface area contributed by atoms with E-state index in [2.05, 4.69) is 5.32 Å². The lowest BCUT2D eigenvalue weighted by molar-refractivity contribution is 0.150. The van der Waals surface area contributed by atoms with E-state index in [0.717, 1.165) is 5.56 Å². The van der Waals surface area contributed by atoms with Crippen LogP contribution < -0.4 is 14.8 Å². The first-order valence-corrected chi connectivity index (χ1v) is 5.21. The summed E-state index contributed by atoms with van der Waals surface area (Å²) in [7, 11) is 5.01. The maximum atomic E-state index is 9.62. The molecule has 4 heteroatoms. The van der Waals surface area contributed by atoms with Crippen molar-refractivity contribution < 1.29 is 14.6 Å². The van der Waals surface area contributed by atoms with Crippen LogP contribution in [0.4, 0.5) is 0 Å². The number of ether oxygens (including phenoxy) is 2. The molecule has 0 saturated heterocycles. The summed E-state index contributed by atoms with van der Waals surface area (Å²) >= 11 is 0. The highest BCUT2D eigenvalue weighted by Gasteiger charge is 2.16. The predicted octanol–water partition coefficient (Wildman–Crippen LogP) is 1.35. The third kappa shape index (κ3) is 2.65. The van der Waals surface area contributed by atoms with Crippen molar-refractivity contribution in [3.05, 3.63) is 23.8 Å². The predicted molar refractivity (Wildman–Crippen MR) is 63.0 cm³/mol. The number of methoxy groups -OCH3 is 2. The van der Waals surface area contributed by atoms with Crippen LogP contribution in [0.5, 0.6) is 11.5 Å². The Morgan fingerprint density at radius 3 is 2.25 bits per heavy atom. The minimum absolute atomic E-state index is 0.111. The Hall–Kier alpha value is -1.26. The van der Waals surface area contributed by atoms with Crippen molar-refractivity contribution in [2.24, 2.45) is 0 Å². The van der Waals surface area contributed by atoms with E-state index in [1.54, 1.807) is 21.1 Å². The topological polar surface area (TPSA) is 50.7 Å². The Balaban J connectivity index is 3.06. The van der Waals surface area contributed by atoms with E-state index in [1.165, 1.54) is 0 Å². The highest BCUT2D eigenvalue weighted by molar-refractivity contribution is 5.44. The molecular formula is C12H19NO3. The quantitative estimate of drug-likeness (QED) is 0.794. The van der Waals surface area contributed by atoms with Crippen LogP contribution in [-0.4, -0.2) is 32.5 Å². The molecule has 0 fully saturated rings. The summed E-state index contributed by atoms with van der Waals surface area (Å²) < 4.78 is 10.4. The minimum Gasteiger partial charge on any atom is -0.493 e. The monoisotopic (exact) mass is 225 g/mol. The van der Waals surface area contributed by atoms with Gasteiger partial charge in [-0.25, -0.2) is 0 Å². The Labute approximate surface area is 96.2 Å². The second-order valence-corrected chi connectivity index (χ2v) is 3.62. The lowest BCUT2D eigenvalue weighted by atomic mass is 10.0. The Kier molecular flexibility index (Phi) is 4.58. The van der Waals surface area contributed by atoms with Crippen molar-refractivity contribution in [3.8, 4) is 11.5 Å². The van der Waals surface area contributed by atoms with Crippen LogP contribution in [0.1, 0.15) is 18.5 Å². The zero-order valence-corrected chi connectivity index (χ0v) is 10.2. The molecule has 90 valence electrons. The molecule has 0 heterocycles. The van der Waals surface area contributed by atoms with E-state index in [4.69, 9.17) is 9.47 Å². The largest absolute Gasteiger partial charge is 0.493 e. The van der Waals surface area contributed by atoms with Gasteiger partial charge in [-0.05, 0) is 31.7 Å². The molecule has 0 spiro atoms. The van der Waals surface area contributed by atoms with Crippen molar-refractivity contribution >= 4 is 0 Å². The molecule has 2 N–H and O–H groups in total. The number of hydrogen-bond acceptors (Lipinski definition) is 4. The lowest BCUT2D eigenvalue weighted by Gasteiger charge is -2.20. The second kappa shape index (κ2) is 5.72. The van der Waals surface area contributed by atoms with Crippen LogP contribution in [-0.2, 0) is 0 Å².